The Kier molecular flexibility index (Phi) is 8.49. The highest BCUT2D eigenvalue weighted by molar-refractivity contribution is 8.02. The third-order valence-corrected chi connectivity index (χ3v) is 2.85. The van der Waals surface area contributed by atoms with Gasteiger partial charge in [-0.05, 0) is 30.5 Å². The molecule has 0 rings (SSSR count). The summed E-state index contributed by atoms with van der Waals surface area (Å²) in [5, 5.41) is 0.672. The molecule has 0 spiro atoms. The highest BCUT2D eigenvalue weighted by Gasteiger charge is 1.97. The fourth-order valence-electron chi connectivity index (χ4n) is 1.14. The molecule has 3 heteroatoms. The number of thioether (sulfide) groups is 1. The molecule has 1 atom stereocenters. The lowest BCUT2D eigenvalue weighted by atomic mass is 10.1. The van der Waals surface area contributed by atoms with E-state index in [4.69, 9.17) is 18.0 Å². The maximum absolute atomic E-state index is 5.55. The maximum Gasteiger partial charge on any atom is 0.109 e. The van der Waals surface area contributed by atoms with Gasteiger partial charge in [-0.3, -0.25) is 0 Å². The number of rotatable bonds is 7. The van der Waals surface area contributed by atoms with Gasteiger partial charge < -0.3 is 5.73 Å². The van der Waals surface area contributed by atoms with Crippen LogP contribution in [0.25, 0.3) is 0 Å². The van der Waals surface area contributed by atoms with Crippen molar-refractivity contribution in [3.8, 4) is 0 Å². The van der Waals surface area contributed by atoms with Crippen molar-refractivity contribution in [2.24, 2.45) is 11.7 Å². The Morgan fingerprint density at radius 2 is 2.33 bits per heavy atom. The average Bonchev–Trinajstić information content (AvgIpc) is 2.15. The van der Waals surface area contributed by atoms with E-state index in [0.29, 0.717) is 10.9 Å². The minimum Gasteiger partial charge on any atom is -0.387 e. The molecule has 0 amide bonds. The molecular weight excluding hydrogens is 222 g/mol. The van der Waals surface area contributed by atoms with Crippen LogP contribution in [0.3, 0.4) is 0 Å². The predicted octanol–water partition coefficient (Wildman–Crippen LogP) is 3.67. The number of hydrogen-bond donors (Lipinski definition) is 1. The number of nitrogens with two attached hydrogens (primary N) is 1. The summed E-state index contributed by atoms with van der Waals surface area (Å²) in [5.74, 6) is 1.52. The van der Waals surface area contributed by atoms with Gasteiger partial charge in [0.25, 0.3) is 0 Å². The monoisotopic (exact) mass is 241 g/mol. The van der Waals surface area contributed by atoms with E-state index in [9.17, 15) is 0 Å². The van der Waals surface area contributed by atoms with E-state index in [1.165, 1.54) is 0 Å². The van der Waals surface area contributed by atoms with Crippen molar-refractivity contribution in [2.45, 2.75) is 26.7 Å². The second-order valence-electron chi connectivity index (χ2n) is 3.49. The lowest BCUT2D eigenvalue weighted by Crippen LogP contribution is -1.96. The van der Waals surface area contributed by atoms with Crippen LogP contribution in [0.1, 0.15) is 26.7 Å². The van der Waals surface area contributed by atoms with Gasteiger partial charge in [-0.1, -0.05) is 43.6 Å². The summed E-state index contributed by atoms with van der Waals surface area (Å²) in [6, 6.07) is 0. The normalized spacial score (nSPS) is 12.4. The van der Waals surface area contributed by atoms with Crippen molar-refractivity contribution < 1.29 is 0 Å². The predicted molar refractivity (Wildman–Crippen MR) is 75.1 cm³/mol. The molecule has 84 valence electrons. The molecule has 0 aliphatic rings. The average molecular weight is 241 g/mol. The summed E-state index contributed by atoms with van der Waals surface area (Å²) in [4.78, 5) is 1.07. The van der Waals surface area contributed by atoms with Crippen LogP contribution in [0.2, 0.25) is 0 Å². The van der Waals surface area contributed by atoms with Crippen molar-refractivity contribution in [3.05, 3.63) is 29.5 Å². The molecule has 0 radical (unpaired) electrons. The van der Waals surface area contributed by atoms with Crippen LogP contribution in [-0.4, -0.2) is 10.6 Å². The highest BCUT2D eigenvalue weighted by Crippen LogP contribution is 2.11. The molecule has 1 nitrogen and oxygen atoms in total. The van der Waals surface area contributed by atoms with Gasteiger partial charge in [-0.15, -0.1) is 11.8 Å². The molecule has 0 heterocycles. The molecule has 0 bridgehead atoms. The molecule has 0 saturated carbocycles. The fraction of sp³-hybridized carbons (Fsp3) is 0.500. The molecule has 0 fully saturated rings. The number of hydrogen-bond acceptors (Lipinski definition) is 3. The van der Waals surface area contributed by atoms with Crippen molar-refractivity contribution in [2.75, 3.05) is 5.75 Å². The maximum atomic E-state index is 5.55. The Morgan fingerprint density at radius 1 is 1.67 bits per heavy atom. The minimum atomic E-state index is 0.541. The summed E-state index contributed by atoms with van der Waals surface area (Å²) in [6.07, 6.45) is 6.41. The number of allylic oxidation sites excluding steroid dienone is 2. The Labute approximate surface area is 103 Å². The zero-order valence-electron chi connectivity index (χ0n) is 9.45. The van der Waals surface area contributed by atoms with Gasteiger partial charge in [-0.25, -0.2) is 0 Å². The first kappa shape index (κ1) is 14.5. The van der Waals surface area contributed by atoms with Gasteiger partial charge in [0.05, 0.1) is 0 Å². The molecule has 0 aromatic heterocycles. The SMILES string of the molecule is C=C=C(N)SCC/C=C/C(C)CC(C)=S. The zero-order valence-corrected chi connectivity index (χ0v) is 11.1. The molecular formula is C12H19NS2. The topological polar surface area (TPSA) is 26.0 Å². The van der Waals surface area contributed by atoms with E-state index in [0.717, 1.165) is 23.5 Å². The summed E-state index contributed by atoms with van der Waals surface area (Å²) >= 11 is 6.64. The second kappa shape index (κ2) is 8.78. The van der Waals surface area contributed by atoms with E-state index in [-0.39, 0.29) is 0 Å². The highest BCUT2D eigenvalue weighted by atomic mass is 32.2. The quantitative estimate of drug-likeness (QED) is 0.319. The van der Waals surface area contributed by atoms with Crippen LogP contribution < -0.4 is 5.73 Å². The van der Waals surface area contributed by atoms with Gasteiger partial charge >= 0.3 is 0 Å². The molecule has 1 unspecified atom stereocenters. The number of thiocarbonyl (C=S) groups is 1. The van der Waals surface area contributed by atoms with Gasteiger partial charge in [0.2, 0.25) is 0 Å². The second-order valence-corrected chi connectivity index (χ2v) is 5.32. The Bertz CT molecular complexity index is 275. The van der Waals surface area contributed by atoms with E-state index >= 15 is 0 Å². The molecule has 15 heavy (non-hydrogen) atoms. The largest absolute Gasteiger partial charge is 0.387 e. The van der Waals surface area contributed by atoms with Crippen molar-refractivity contribution >= 4 is 28.8 Å². The molecule has 0 aliphatic heterocycles. The van der Waals surface area contributed by atoms with E-state index in [1.807, 2.05) is 6.92 Å². The van der Waals surface area contributed by atoms with Crippen LogP contribution in [0.4, 0.5) is 0 Å². The van der Waals surface area contributed by atoms with Crippen molar-refractivity contribution in [1.29, 1.82) is 0 Å². The standard InChI is InChI=1S/C12H19NS2/c1-4-12(13)15-8-6-5-7-10(2)9-11(3)14/h5,7,10H,1,6,8-9,13H2,2-3H3/b7-5+. The Morgan fingerprint density at radius 3 is 2.87 bits per heavy atom. The van der Waals surface area contributed by atoms with Crippen LogP contribution in [0.15, 0.2) is 29.5 Å². The van der Waals surface area contributed by atoms with Crippen LogP contribution >= 0.6 is 24.0 Å². The lowest BCUT2D eigenvalue weighted by Gasteiger charge is -2.03. The molecule has 0 saturated heterocycles. The first-order chi connectivity index (χ1) is 7.06. The summed E-state index contributed by atoms with van der Waals surface area (Å²) < 4.78 is 0. The smallest absolute Gasteiger partial charge is 0.109 e. The molecule has 0 aromatic carbocycles. The summed E-state index contributed by atoms with van der Waals surface area (Å²) in [5.41, 5.74) is 8.20. The van der Waals surface area contributed by atoms with Gasteiger partial charge in [0.15, 0.2) is 0 Å². The van der Waals surface area contributed by atoms with E-state index in [2.05, 4.69) is 31.4 Å². The van der Waals surface area contributed by atoms with Crippen molar-refractivity contribution in [3.63, 3.8) is 0 Å². The third kappa shape index (κ3) is 9.80. The minimum absolute atomic E-state index is 0.541. The van der Waals surface area contributed by atoms with Crippen LogP contribution in [0.5, 0.6) is 0 Å². The molecule has 0 aromatic rings. The summed E-state index contributed by atoms with van der Waals surface area (Å²) in [7, 11) is 0. The summed E-state index contributed by atoms with van der Waals surface area (Å²) in [6.45, 7) is 7.65. The lowest BCUT2D eigenvalue weighted by molar-refractivity contribution is 0.769. The van der Waals surface area contributed by atoms with Crippen molar-refractivity contribution in [1.82, 2.24) is 0 Å². The van der Waals surface area contributed by atoms with E-state index < -0.39 is 0 Å². The first-order valence-electron chi connectivity index (χ1n) is 5.00. The molecule has 2 N–H and O–H groups in total. The Hall–Kier alpha value is -0.500. The van der Waals surface area contributed by atoms with Gasteiger partial charge in [0.1, 0.15) is 5.03 Å². The van der Waals surface area contributed by atoms with Crippen LogP contribution in [0, 0.1) is 5.92 Å². The van der Waals surface area contributed by atoms with E-state index in [1.54, 1.807) is 11.8 Å². The van der Waals surface area contributed by atoms with Gasteiger partial charge in [-0.2, -0.15) is 0 Å². The first-order valence-corrected chi connectivity index (χ1v) is 6.40. The zero-order chi connectivity index (χ0) is 11.7. The fourth-order valence-corrected chi connectivity index (χ4v) is 1.98. The Balaban J connectivity index is 3.62. The third-order valence-electron chi connectivity index (χ3n) is 1.79. The van der Waals surface area contributed by atoms with Gasteiger partial charge in [0, 0.05) is 5.75 Å². The molecule has 0 aliphatic carbocycles. The van der Waals surface area contributed by atoms with Crippen LogP contribution in [-0.2, 0) is 0 Å².